The summed E-state index contributed by atoms with van der Waals surface area (Å²) in [6.45, 7) is -0.0112. The van der Waals surface area contributed by atoms with E-state index in [2.05, 4.69) is 21.7 Å². The highest BCUT2D eigenvalue weighted by Crippen LogP contribution is 2.27. The number of carbonyl (C=O) groups excluding carboxylic acids is 1. The van der Waals surface area contributed by atoms with Crippen molar-refractivity contribution in [2.24, 2.45) is 10.7 Å². The number of anilines is 2. The number of amides is 1. The minimum Gasteiger partial charge on any atom is -0.370 e. The topological polar surface area (TPSA) is 79.5 Å². The molecule has 0 unspecified atom stereocenters. The van der Waals surface area contributed by atoms with Gasteiger partial charge >= 0.3 is 0 Å². The number of aliphatic imine (C=N–C) groups is 1. The van der Waals surface area contributed by atoms with Crippen LogP contribution < -0.4 is 16.4 Å². The van der Waals surface area contributed by atoms with Crippen LogP contribution in [0.3, 0.4) is 0 Å². The molecule has 2 aromatic carbocycles. The Hall–Kier alpha value is -2.82. The molecule has 0 aromatic heterocycles. The average molecular weight is 322 g/mol. The molecule has 0 aliphatic heterocycles. The Bertz CT molecular complexity index is 740. The summed E-state index contributed by atoms with van der Waals surface area (Å²) in [5.74, 6) is 0.0678. The van der Waals surface area contributed by atoms with Crippen molar-refractivity contribution in [3.05, 3.63) is 59.7 Å². The molecule has 3 rings (SSSR count). The van der Waals surface area contributed by atoms with E-state index in [1.807, 2.05) is 42.5 Å². The molecule has 0 atom stereocenters. The normalized spacial score (nSPS) is 13.9. The lowest BCUT2D eigenvalue weighted by atomic mass is 9.90. The number of carbonyl (C=O) groups is 1. The van der Waals surface area contributed by atoms with Gasteiger partial charge in [-0.1, -0.05) is 30.3 Å². The fourth-order valence-electron chi connectivity index (χ4n) is 2.95. The predicted molar refractivity (Wildman–Crippen MR) is 98.3 cm³/mol. The first-order valence-corrected chi connectivity index (χ1v) is 8.25. The summed E-state index contributed by atoms with van der Waals surface area (Å²) >= 11 is 0. The first kappa shape index (κ1) is 16.1. The van der Waals surface area contributed by atoms with Crippen molar-refractivity contribution in [3.63, 3.8) is 0 Å². The molecular formula is C19H22N4O. The second kappa shape index (κ2) is 7.64. The molecule has 5 heteroatoms. The van der Waals surface area contributed by atoms with Crippen molar-refractivity contribution in [3.8, 4) is 0 Å². The van der Waals surface area contributed by atoms with E-state index in [1.54, 1.807) is 0 Å². The summed E-state index contributed by atoms with van der Waals surface area (Å²) in [5, 5.41) is 5.92. The van der Waals surface area contributed by atoms with Gasteiger partial charge in [-0.05, 0) is 55.0 Å². The Morgan fingerprint density at radius 1 is 1.00 bits per heavy atom. The van der Waals surface area contributed by atoms with Gasteiger partial charge in [-0.3, -0.25) is 4.79 Å². The maximum Gasteiger partial charge on any atom is 0.246 e. The van der Waals surface area contributed by atoms with Gasteiger partial charge in [0, 0.05) is 11.4 Å². The van der Waals surface area contributed by atoms with Crippen LogP contribution in [0, 0.1) is 0 Å². The zero-order valence-corrected chi connectivity index (χ0v) is 13.6. The highest BCUT2D eigenvalue weighted by atomic mass is 16.1. The lowest BCUT2D eigenvalue weighted by Crippen LogP contribution is -2.26. The predicted octanol–water partition coefficient (Wildman–Crippen LogP) is 2.93. The molecule has 4 N–H and O–H groups in total. The van der Waals surface area contributed by atoms with Crippen LogP contribution >= 0.6 is 0 Å². The molecule has 0 radical (unpaired) electrons. The number of fused-ring (bicyclic) bond motifs is 1. The highest BCUT2D eigenvalue weighted by molar-refractivity contribution is 5.97. The van der Waals surface area contributed by atoms with Crippen molar-refractivity contribution in [2.75, 3.05) is 17.2 Å². The fraction of sp³-hybridized carbons (Fsp3) is 0.263. The number of nitrogens with zero attached hydrogens (tertiary/aromatic N) is 1. The van der Waals surface area contributed by atoms with E-state index in [0.29, 0.717) is 0 Å². The number of benzene rings is 2. The molecule has 0 bridgehead atoms. The third-order valence-electron chi connectivity index (χ3n) is 4.11. The molecule has 1 amide bonds. The maximum atomic E-state index is 11.9. The molecule has 0 fully saturated rings. The second-order valence-electron chi connectivity index (χ2n) is 5.89. The van der Waals surface area contributed by atoms with Gasteiger partial charge in [-0.2, -0.15) is 0 Å². The second-order valence-corrected chi connectivity index (χ2v) is 5.89. The summed E-state index contributed by atoms with van der Waals surface area (Å²) in [5.41, 5.74) is 10.4. The third kappa shape index (κ3) is 4.13. The van der Waals surface area contributed by atoms with Crippen LogP contribution in [0.4, 0.5) is 11.4 Å². The van der Waals surface area contributed by atoms with E-state index in [9.17, 15) is 4.79 Å². The SMILES string of the molecule is NC(=NCC(=O)Nc1ccccc1)Nc1cccc2c1CCCC2. The third-order valence-corrected chi connectivity index (χ3v) is 4.11. The minimum atomic E-state index is -0.193. The van der Waals surface area contributed by atoms with Gasteiger partial charge in [0.15, 0.2) is 5.96 Å². The van der Waals surface area contributed by atoms with Gasteiger partial charge in [-0.15, -0.1) is 0 Å². The number of nitrogens with two attached hydrogens (primary N) is 1. The Morgan fingerprint density at radius 3 is 2.62 bits per heavy atom. The molecule has 0 saturated heterocycles. The fourth-order valence-corrected chi connectivity index (χ4v) is 2.95. The smallest absolute Gasteiger partial charge is 0.246 e. The molecule has 1 aliphatic carbocycles. The lowest BCUT2D eigenvalue weighted by Gasteiger charge is -2.19. The van der Waals surface area contributed by atoms with Gasteiger partial charge in [-0.25, -0.2) is 4.99 Å². The van der Waals surface area contributed by atoms with Gasteiger partial charge in [0.25, 0.3) is 0 Å². The van der Waals surface area contributed by atoms with E-state index in [-0.39, 0.29) is 18.4 Å². The first-order chi connectivity index (χ1) is 11.7. The first-order valence-electron chi connectivity index (χ1n) is 8.25. The standard InChI is InChI=1S/C19H22N4O/c20-19(21-13-18(24)22-15-9-2-1-3-10-15)23-17-12-6-8-14-7-4-5-11-16(14)17/h1-3,6,8-10,12H,4-5,7,11,13H2,(H,22,24)(H3,20,21,23). The highest BCUT2D eigenvalue weighted by Gasteiger charge is 2.13. The van der Waals surface area contributed by atoms with Crippen molar-refractivity contribution in [1.29, 1.82) is 0 Å². The minimum absolute atomic E-state index is 0.0112. The number of rotatable bonds is 4. The molecular weight excluding hydrogens is 300 g/mol. The molecule has 0 spiro atoms. The summed E-state index contributed by atoms with van der Waals surface area (Å²) < 4.78 is 0. The summed E-state index contributed by atoms with van der Waals surface area (Å²) in [6, 6.07) is 15.5. The number of guanidine groups is 1. The van der Waals surface area contributed by atoms with Crippen LogP contribution in [-0.4, -0.2) is 18.4 Å². The number of para-hydroxylation sites is 1. The number of hydrogen-bond donors (Lipinski definition) is 3. The van der Waals surface area contributed by atoms with Crippen LogP contribution in [0.5, 0.6) is 0 Å². The van der Waals surface area contributed by atoms with E-state index >= 15 is 0 Å². The largest absolute Gasteiger partial charge is 0.370 e. The quantitative estimate of drug-likeness (QED) is 0.598. The molecule has 2 aromatic rings. The van der Waals surface area contributed by atoms with Crippen LogP contribution in [-0.2, 0) is 17.6 Å². The Balaban J connectivity index is 1.60. The van der Waals surface area contributed by atoms with E-state index < -0.39 is 0 Å². The zero-order valence-electron chi connectivity index (χ0n) is 13.6. The van der Waals surface area contributed by atoms with Crippen molar-refractivity contribution >= 4 is 23.2 Å². The summed E-state index contributed by atoms with van der Waals surface area (Å²) in [6.07, 6.45) is 4.60. The Morgan fingerprint density at radius 2 is 1.79 bits per heavy atom. The molecule has 0 saturated carbocycles. The lowest BCUT2D eigenvalue weighted by molar-refractivity contribution is -0.114. The van der Waals surface area contributed by atoms with Gasteiger partial charge < -0.3 is 16.4 Å². The van der Waals surface area contributed by atoms with Gasteiger partial charge in [0.05, 0.1) is 0 Å². The van der Waals surface area contributed by atoms with Crippen molar-refractivity contribution < 1.29 is 4.79 Å². The molecule has 124 valence electrons. The van der Waals surface area contributed by atoms with Crippen LogP contribution in [0.25, 0.3) is 0 Å². The van der Waals surface area contributed by atoms with Gasteiger partial charge in [0.2, 0.25) is 5.91 Å². The van der Waals surface area contributed by atoms with Crippen LogP contribution in [0.2, 0.25) is 0 Å². The van der Waals surface area contributed by atoms with Crippen molar-refractivity contribution in [1.82, 2.24) is 0 Å². The van der Waals surface area contributed by atoms with Gasteiger partial charge in [0.1, 0.15) is 6.54 Å². The van der Waals surface area contributed by atoms with Crippen LogP contribution in [0.1, 0.15) is 24.0 Å². The average Bonchev–Trinajstić information content (AvgIpc) is 2.61. The Kier molecular flexibility index (Phi) is 5.11. The number of hydrogen-bond acceptors (Lipinski definition) is 2. The summed E-state index contributed by atoms with van der Waals surface area (Å²) in [7, 11) is 0. The van der Waals surface area contributed by atoms with Crippen molar-refractivity contribution in [2.45, 2.75) is 25.7 Å². The molecule has 0 heterocycles. The maximum absolute atomic E-state index is 11.9. The van der Waals surface area contributed by atoms with Crippen LogP contribution in [0.15, 0.2) is 53.5 Å². The number of aryl methyl sites for hydroxylation is 1. The summed E-state index contributed by atoms with van der Waals surface area (Å²) in [4.78, 5) is 16.0. The number of nitrogens with one attached hydrogen (secondary N) is 2. The van der Waals surface area contributed by atoms with E-state index in [1.165, 1.54) is 24.0 Å². The molecule has 5 nitrogen and oxygen atoms in total. The zero-order chi connectivity index (χ0) is 16.8. The molecule has 24 heavy (non-hydrogen) atoms. The van der Waals surface area contributed by atoms with E-state index in [0.717, 1.165) is 24.2 Å². The Labute approximate surface area is 142 Å². The molecule has 1 aliphatic rings. The van der Waals surface area contributed by atoms with E-state index in [4.69, 9.17) is 5.73 Å². The monoisotopic (exact) mass is 322 g/mol.